The molecule has 36 heavy (non-hydrogen) atoms. The number of benzene rings is 3. The Bertz CT molecular complexity index is 1230. The first-order chi connectivity index (χ1) is 17.6. The van der Waals surface area contributed by atoms with Crippen LogP contribution in [0.15, 0.2) is 66.7 Å². The van der Waals surface area contributed by atoms with E-state index in [4.69, 9.17) is 9.47 Å². The number of piperazine rings is 1. The van der Waals surface area contributed by atoms with Crippen molar-refractivity contribution in [3.05, 3.63) is 89.0 Å². The van der Waals surface area contributed by atoms with Gasteiger partial charge < -0.3 is 14.4 Å². The van der Waals surface area contributed by atoms with E-state index in [1.54, 1.807) is 13.2 Å². The van der Waals surface area contributed by atoms with E-state index < -0.39 is 0 Å². The van der Waals surface area contributed by atoms with Crippen molar-refractivity contribution in [1.82, 2.24) is 9.80 Å². The number of rotatable bonds is 8. The quantitative estimate of drug-likeness (QED) is 0.446. The van der Waals surface area contributed by atoms with Crippen LogP contribution in [0.4, 0.5) is 5.69 Å². The highest BCUT2D eigenvalue weighted by Gasteiger charge is 2.38. The van der Waals surface area contributed by atoms with Gasteiger partial charge in [0, 0.05) is 32.7 Å². The summed E-state index contributed by atoms with van der Waals surface area (Å²) in [6.45, 7) is 7.13. The van der Waals surface area contributed by atoms with Crippen LogP contribution in [0.3, 0.4) is 0 Å². The lowest BCUT2D eigenvalue weighted by Crippen LogP contribution is -2.46. The summed E-state index contributed by atoms with van der Waals surface area (Å²) in [6, 6.07) is 21.3. The Morgan fingerprint density at radius 1 is 0.750 bits per heavy atom. The van der Waals surface area contributed by atoms with Crippen LogP contribution in [-0.4, -0.2) is 61.5 Å². The Kier molecular flexibility index (Phi) is 6.91. The van der Waals surface area contributed by atoms with E-state index in [9.17, 15) is 9.59 Å². The number of ether oxygens (including phenoxy) is 2. The molecule has 7 nitrogen and oxygen atoms in total. The zero-order valence-corrected chi connectivity index (χ0v) is 20.8. The van der Waals surface area contributed by atoms with E-state index >= 15 is 0 Å². The number of carbonyl (C=O) groups is 2. The van der Waals surface area contributed by atoms with E-state index in [-0.39, 0.29) is 18.4 Å². The Morgan fingerprint density at radius 3 is 2.03 bits per heavy atom. The van der Waals surface area contributed by atoms with Gasteiger partial charge in [0.05, 0.1) is 37.1 Å². The molecule has 1 saturated heterocycles. The number of carbonyl (C=O) groups excluding carboxylic acids is 2. The molecule has 2 aliphatic rings. The molecule has 2 heterocycles. The lowest BCUT2D eigenvalue weighted by atomic mass is 10.1. The van der Waals surface area contributed by atoms with E-state index in [0.29, 0.717) is 17.7 Å². The minimum absolute atomic E-state index is 0.224. The standard InChI is InChI=1S/C29H31N3O4/c1-3-36-24-13-9-21(10-14-24)19-30-15-17-31(18-16-30)26-6-4-5-25-27(26)29(34)32(28(25)33)20-22-7-11-23(35-2)12-8-22/h4-14H,3,15-20H2,1-2H3. The molecule has 2 amide bonds. The minimum Gasteiger partial charge on any atom is -0.497 e. The molecular formula is C29H31N3O4. The van der Waals surface area contributed by atoms with Gasteiger partial charge in [-0.3, -0.25) is 19.4 Å². The number of fused-ring (bicyclic) bond motifs is 1. The van der Waals surface area contributed by atoms with Crippen LogP contribution in [0.5, 0.6) is 11.5 Å². The van der Waals surface area contributed by atoms with Crippen molar-refractivity contribution in [3.8, 4) is 11.5 Å². The fourth-order valence-electron chi connectivity index (χ4n) is 4.90. The number of imide groups is 1. The van der Waals surface area contributed by atoms with Crippen LogP contribution in [0, 0.1) is 0 Å². The average molecular weight is 486 g/mol. The molecule has 0 unspecified atom stereocenters. The maximum absolute atomic E-state index is 13.4. The molecule has 0 spiro atoms. The maximum Gasteiger partial charge on any atom is 0.263 e. The fourth-order valence-corrected chi connectivity index (χ4v) is 4.90. The van der Waals surface area contributed by atoms with Gasteiger partial charge in [-0.15, -0.1) is 0 Å². The van der Waals surface area contributed by atoms with Gasteiger partial charge in [0.25, 0.3) is 11.8 Å². The van der Waals surface area contributed by atoms with Crippen LogP contribution < -0.4 is 14.4 Å². The van der Waals surface area contributed by atoms with E-state index in [0.717, 1.165) is 55.5 Å². The molecule has 0 bridgehead atoms. The summed E-state index contributed by atoms with van der Waals surface area (Å²) in [7, 11) is 1.61. The van der Waals surface area contributed by atoms with Gasteiger partial charge in [-0.05, 0) is 54.4 Å². The fraction of sp³-hybridized carbons (Fsp3) is 0.310. The molecule has 3 aromatic carbocycles. The molecule has 0 aliphatic carbocycles. The maximum atomic E-state index is 13.4. The van der Waals surface area contributed by atoms with Crippen LogP contribution >= 0.6 is 0 Å². The van der Waals surface area contributed by atoms with Crippen LogP contribution in [-0.2, 0) is 13.1 Å². The second kappa shape index (κ2) is 10.4. The monoisotopic (exact) mass is 485 g/mol. The molecular weight excluding hydrogens is 454 g/mol. The van der Waals surface area contributed by atoms with Crippen LogP contribution in [0.2, 0.25) is 0 Å². The lowest BCUT2D eigenvalue weighted by molar-refractivity contribution is 0.0642. The number of anilines is 1. The highest BCUT2D eigenvalue weighted by Crippen LogP contribution is 2.33. The topological polar surface area (TPSA) is 62.3 Å². The second-order valence-corrected chi connectivity index (χ2v) is 9.08. The summed E-state index contributed by atoms with van der Waals surface area (Å²) in [5.74, 6) is 1.18. The van der Waals surface area contributed by atoms with Crippen molar-refractivity contribution >= 4 is 17.5 Å². The Labute approximate surface area is 211 Å². The van der Waals surface area contributed by atoms with Gasteiger partial charge in [-0.1, -0.05) is 30.3 Å². The molecule has 5 rings (SSSR count). The summed E-state index contributed by atoms with van der Waals surface area (Å²) in [5, 5.41) is 0. The second-order valence-electron chi connectivity index (χ2n) is 9.08. The van der Waals surface area contributed by atoms with Crippen molar-refractivity contribution in [3.63, 3.8) is 0 Å². The number of amides is 2. The van der Waals surface area contributed by atoms with Crippen molar-refractivity contribution in [2.24, 2.45) is 0 Å². The summed E-state index contributed by atoms with van der Waals surface area (Å²) < 4.78 is 10.7. The zero-order chi connectivity index (χ0) is 25.1. The Hall–Kier alpha value is -3.84. The van der Waals surface area contributed by atoms with Crippen molar-refractivity contribution in [1.29, 1.82) is 0 Å². The third-order valence-electron chi connectivity index (χ3n) is 6.83. The molecule has 186 valence electrons. The van der Waals surface area contributed by atoms with E-state index in [1.165, 1.54) is 10.5 Å². The third-order valence-corrected chi connectivity index (χ3v) is 6.83. The van der Waals surface area contributed by atoms with Gasteiger partial charge in [0.2, 0.25) is 0 Å². The zero-order valence-electron chi connectivity index (χ0n) is 20.8. The average Bonchev–Trinajstić information content (AvgIpc) is 3.16. The molecule has 0 aromatic heterocycles. The van der Waals surface area contributed by atoms with Gasteiger partial charge in [0.15, 0.2) is 0 Å². The van der Waals surface area contributed by atoms with E-state index in [2.05, 4.69) is 21.9 Å². The first-order valence-electron chi connectivity index (χ1n) is 12.4. The predicted octanol–water partition coefficient (Wildman–Crippen LogP) is 4.21. The van der Waals surface area contributed by atoms with Crippen LogP contribution in [0.25, 0.3) is 0 Å². The number of hydrogen-bond acceptors (Lipinski definition) is 6. The lowest BCUT2D eigenvalue weighted by Gasteiger charge is -2.36. The van der Waals surface area contributed by atoms with Crippen molar-refractivity contribution in [2.45, 2.75) is 20.0 Å². The summed E-state index contributed by atoms with van der Waals surface area (Å²) in [4.78, 5) is 32.5. The highest BCUT2D eigenvalue weighted by molar-refractivity contribution is 6.23. The molecule has 0 saturated carbocycles. The highest BCUT2D eigenvalue weighted by atomic mass is 16.5. The molecule has 1 fully saturated rings. The third kappa shape index (κ3) is 4.79. The predicted molar refractivity (Wildman–Crippen MR) is 139 cm³/mol. The Balaban J connectivity index is 1.25. The normalized spacial score (nSPS) is 15.8. The Morgan fingerprint density at radius 2 is 1.39 bits per heavy atom. The summed E-state index contributed by atoms with van der Waals surface area (Å²) in [5.41, 5.74) is 4.00. The number of methoxy groups -OCH3 is 1. The van der Waals surface area contributed by atoms with Crippen molar-refractivity contribution in [2.75, 3.05) is 44.8 Å². The molecule has 2 aliphatic heterocycles. The van der Waals surface area contributed by atoms with Gasteiger partial charge in [-0.2, -0.15) is 0 Å². The number of hydrogen-bond donors (Lipinski definition) is 0. The number of nitrogens with zero attached hydrogens (tertiary/aromatic N) is 3. The summed E-state index contributed by atoms with van der Waals surface area (Å²) >= 11 is 0. The minimum atomic E-state index is -0.234. The van der Waals surface area contributed by atoms with Gasteiger partial charge >= 0.3 is 0 Å². The van der Waals surface area contributed by atoms with Crippen LogP contribution in [0.1, 0.15) is 38.8 Å². The van der Waals surface area contributed by atoms with Gasteiger partial charge in [-0.25, -0.2) is 0 Å². The van der Waals surface area contributed by atoms with Crippen molar-refractivity contribution < 1.29 is 19.1 Å². The SMILES string of the molecule is CCOc1ccc(CN2CCN(c3cccc4c3C(=O)N(Cc3ccc(OC)cc3)C4=O)CC2)cc1. The summed E-state index contributed by atoms with van der Waals surface area (Å²) in [6.07, 6.45) is 0. The first kappa shape index (κ1) is 23.9. The molecule has 0 atom stereocenters. The van der Waals surface area contributed by atoms with Gasteiger partial charge in [0.1, 0.15) is 11.5 Å². The van der Waals surface area contributed by atoms with E-state index in [1.807, 2.05) is 55.5 Å². The molecule has 3 aromatic rings. The first-order valence-corrected chi connectivity index (χ1v) is 12.4. The molecule has 0 N–H and O–H groups in total. The largest absolute Gasteiger partial charge is 0.497 e. The molecule has 0 radical (unpaired) electrons. The smallest absolute Gasteiger partial charge is 0.263 e. The molecule has 7 heteroatoms.